The van der Waals surface area contributed by atoms with Gasteiger partial charge in [0.2, 0.25) is 0 Å². The van der Waals surface area contributed by atoms with Crippen LogP contribution in [0.1, 0.15) is 13.3 Å². The quantitative estimate of drug-likeness (QED) is 0.580. The third kappa shape index (κ3) is 1.98. The molecule has 0 aromatic carbocycles. The van der Waals surface area contributed by atoms with Crippen LogP contribution in [-0.2, 0) is 4.79 Å². The summed E-state index contributed by atoms with van der Waals surface area (Å²) < 4.78 is 0. The molecule has 0 amide bonds. The monoisotopic (exact) mass is 232 g/mol. The SMILES string of the molecule is CC1(C(=O)O)C=CC=C(CCS)C1Cl. The van der Waals surface area contributed by atoms with Crippen molar-refractivity contribution in [1.82, 2.24) is 0 Å². The van der Waals surface area contributed by atoms with Crippen molar-refractivity contribution in [2.24, 2.45) is 5.41 Å². The summed E-state index contributed by atoms with van der Waals surface area (Å²) in [6, 6.07) is 0. The number of halogens is 1. The van der Waals surface area contributed by atoms with Crippen LogP contribution in [0.25, 0.3) is 0 Å². The smallest absolute Gasteiger partial charge is 0.315 e. The van der Waals surface area contributed by atoms with Gasteiger partial charge in [-0.2, -0.15) is 12.6 Å². The predicted molar refractivity (Wildman–Crippen MR) is 61.1 cm³/mol. The molecule has 2 nitrogen and oxygen atoms in total. The van der Waals surface area contributed by atoms with Crippen molar-refractivity contribution in [2.75, 3.05) is 5.75 Å². The second-order valence-corrected chi connectivity index (χ2v) is 4.41. The summed E-state index contributed by atoms with van der Waals surface area (Å²) in [4.78, 5) is 11.1. The van der Waals surface area contributed by atoms with E-state index in [1.165, 1.54) is 0 Å². The van der Waals surface area contributed by atoms with Gasteiger partial charge < -0.3 is 5.11 Å². The minimum absolute atomic E-state index is 0.475. The maximum absolute atomic E-state index is 11.1. The van der Waals surface area contributed by atoms with Crippen LogP contribution in [-0.4, -0.2) is 22.2 Å². The average Bonchev–Trinajstić information content (AvgIpc) is 2.13. The second kappa shape index (κ2) is 4.41. The largest absolute Gasteiger partial charge is 0.481 e. The number of allylic oxidation sites excluding steroid dienone is 3. The number of carbonyl (C=O) groups is 1. The van der Waals surface area contributed by atoms with Gasteiger partial charge in [0.05, 0.1) is 5.38 Å². The van der Waals surface area contributed by atoms with E-state index in [1.54, 1.807) is 19.1 Å². The molecule has 78 valence electrons. The van der Waals surface area contributed by atoms with Crippen LogP contribution in [0.2, 0.25) is 0 Å². The predicted octanol–water partition coefficient (Wildman–Crippen LogP) is 2.50. The molecule has 0 fully saturated rings. The Morgan fingerprint density at radius 3 is 2.93 bits per heavy atom. The molecule has 0 heterocycles. The standard InChI is InChI=1S/C10H13ClO2S/c1-10(9(12)13)5-2-3-7(4-6-14)8(10)11/h2-3,5,8,14H,4,6H2,1H3,(H,12,13). The van der Waals surface area contributed by atoms with Gasteiger partial charge in [-0.25, -0.2) is 0 Å². The number of aliphatic carboxylic acids is 1. The molecular weight excluding hydrogens is 220 g/mol. The number of carboxylic acid groups (broad SMARTS) is 1. The lowest BCUT2D eigenvalue weighted by atomic mass is 9.79. The molecule has 14 heavy (non-hydrogen) atoms. The van der Waals surface area contributed by atoms with Gasteiger partial charge in [0.1, 0.15) is 5.41 Å². The van der Waals surface area contributed by atoms with Crippen LogP contribution in [0.3, 0.4) is 0 Å². The molecule has 0 spiro atoms. The van der Waals surface area contributed by atoms with Gasteiger partial charge in [0.15, 0.2) is 0 Å². The number of thiol groups is 1. The molecule has 1 aliphatic carbocycles. The first-order valence-corrected chi connectivity index (χ1v) is 5.46. The zero-order valence-electron chi connectivity index (χ0n) is 7.90. The third-order valence-electron chi connectivity index (χ3n) is 2.47. The normalized spacial score (nSPS) is 31.4. The summed E-state index contributed by atoms with van der Waals surface area (Å²) in [5, 5.41) is 8.60. The Kier molecular flexibility index (Phi) is 3.67. The molecule has 0 saturated carbocycles. The first-order chi connectivity index (χ1) is 6.52. The molecule has 0 aromatic rings. The lowest BCUT2D eigenvalue weighted by Crippen LogP contribution is -2.37. The highest BCUT2D eigenvalue weighted by atomic mass is 35.5. The first-order valence-electron chi connectivity index (χ1n) is 4.39. The highest BCUT2D eigenvalue weighted by Crippen LogP contribution is 2.37. The molecule has 1 rings (SSSR count). The van der Waals surface area contributed by atoms with Crippen LogP contribution in [0, 0.1) is 5.41 Å². The van der Waals surface area contributed by atoms with Gasteiger partial charge in [-0.1, -0.05) is 23.8 Å². The van der Waals surface area contributed by atoms with Gasteiger partial charge in [-0.15, -0.1) is 11.6 Å². The van der Waals surface area contributed by atoms with E-state index < -0.39 is 16.8 Å². The third-order valence-corrected chi connectivity index (χ3v) is 3.42. The summed E-state index contributed by atoms with van der Waals surface area (Å²) in [5.41, 5.74) is -0.0525. The summed E-state index contributed by atoms with van der Waals surface area (Å²) in [6.07, 6.45) is 5.99. The molecular formula is C10H13ClO2S. The molecule has 2 atom stereocenters. The Balaban J connectivity index is 2.93. The highest BCUT2D eigenvalue weighted by molar-refractivity contribution is 7.80. The number of hydrogen-bond donors (Lipinski definition) is 2. The summed E-state index contributed by atoms with van der Waals surface area (Å²) in [5.74, 6) is -0.211. The molecule has 0 aromatic heterocycles. The molecule has 0 aliphatic heterocycles. The Morgan fingerprint density at radius 1 is 1.79 bits per heavy atom. The minimum atomic E-state index is -0.991. The van der Waals surface area contributed by atoms with E-state index >= 15 is 0 Å². The summed E-state index contributed by atoms with van der Waals surface area (Å²) >= 11 is 10.2. The second-order valence-electron chi connectivity index (χ2n) is 3.52. The first kappa shape index (κ1) is 11.7. The topological polar surface area (TPSA) is 37.3 Å². The Morgan fingerprint density at radius 2 is 2.43 bits per heavy atom. The van der Waals surface area contributed by atoms with Crippen LogP contribution in [0.4, 0.5) is 0 Å². The lowest BCUT2D eigenvalue weighted by Gasteiger charge is -2.30. The van der Waals surface area contributed by atoms with Gasteiger partial charge in [-0.3, -0.25) is 4.79 Å². The lowest BCUT2D eigenvalue weighted by molar-refractivity contribution is -0.144. The van der Waals surface area contributed by atoms with Gasteiger partial charge in [0, 0.05) is 0 Å². The van der Waals surface area contributed by atoms with Crippen molar-refractivity contribution < 1.29 is 9.90 Å². The van der Waals surface area contributed by atoms with Gasteiger partial charge >= 0.3 is 5.97 Å². The van der Waals surface area contributed by atoms with Crippen molar-refractivity contribution >= 4 is 30.2 Å². The Bertz CT molecular complexity index is 298. The maximum atomic E-state index is 11.1. The molecule has 0 saturated heterocycles. The Hall–Kier alpha value is -0.410. The van der Waals surface area contributed by atoms with E-state index in [2.05, 4.69) is 12.6 Å². The molecule has 4 heteroatoms. The average molecular weight is 233 g/mol. The number of alkyl halides is 1. The van der Waals surface area contributed by atoms with Gasteiger partial charge in [0.25, 0.3) is 0 Å². The molecule has 2 unspecified atom stereocenters. The number of carboxylic acids is 1. The van der Waals surface area contributed by atoms with E-state index in [9.17, 15) is 4.79 Å². The van der Waals surface area contributed by atoms with E-state index in [1.807, 2.05) is 6.08 Å². The highest BCUT2D eigenvalue weighted by Gasteiger charge is 2.41. The van der Waals surface area contributed by atoms with Crippen molar-refractivity contribution in [2.45, 2.75) is 18.7 Å². The fourth-order valence-electron chi connectivity index (χ4n) is 1.44. The van der Waals surface area contributed by atoms with Gasteiger partial charge in [-0.05, 0) is 19.1 Å². The van der Waals surface area contributed by atoms with Crippen molar-refractivity contribution in [3.63, 3.8) is 0 Å². The van der Waals surface area contributed by atoms with E-state index in [0.717, 1.165) is 12.0 Å². The molecule has 0 bridgehead atoms. The van der Waals surface area contributed by atoms with Crippen LogP contribution in [0.15, 0.2) is 23.8 Å². The minimum Gasteiger partial charge on any atom is -0.481 e. The maximum Gasteiger partial charge on any atom is 0.315 e. The van der Waals surface area contributed by atoms with Crippen LogP contribution in [0.5, 0.6) is 0 Å². The fraction of sp³-hybridized carbons (Fsp3) is 0.500. The molecule has 0 radical (unpaired) electrons. The van der Waals surface area contributed by atoms with Crippen LogP contribution < -0.4 is 0 Å². The van der Waals surface area contributed by atoms with Crippen molar-refractivity contribution in [1.29, 1.82) is 0 Å². The summed E-state index contributed by atoms with van der Waals surface area (Å²) in [7, 11) is 0. The zero-order valence-corrected chi connectivity index (χ0v) is 9.55. The molecule has 1 aliphatic rings. The van der Waals surface area contributed by atoms with Crippen LogP contribution >= 0.6 is 24.2 Å². The number of rotatable bonds is 3. The Labute approximate surface area is 94.1 Å². The van der Waals surface area contributed by atoms with E-state index in [-0.39, 0.29) is 0 Å². The fourth-order valence-corrected chi connectivity index (χ4v) is 2.05. The van der Waals surface area contributed by atoms with Crippen molar-refractivity contribution in [3.8, 4) is 0 Å². The number of hydrogen-bond acceptors (Lipinski definition) is 2. The summed E-state index contributed by atoms with van der Waals surface area (Å²) in [6.45, 7) is 1.63. The van der Waals surface area contributed by atoms with E-state index in [4.69, 9.17) is 16.7 Å². The van der Waals surface area contributed by atoms with Crippen molar-refractivity contribution in [3.05, 3.63) is 23.8 Å². The zero-order chi connectivity index (χ0) is 10.8. The van der Waals surface area contributed by atoms with E-state index in [0.29, 0.717) is 5.75 Å². The molecule has 1 N–H and O–H groups in total.